The predicted molar refractivity (Wildman–Crippen MR) is 82.7 cm³/mol. The molecule has 21 heavy (non-hydrogen) atoms. The average Bonchev–Trinajstić information content (AvgIpc) is 2.87. The lowest BCUT2D eigenvalue weighted by Crippen LogP contribution is -1.97. The van der Waals surface area contributed by atoms with Crippen molar-refractivity contribution < 1.29 is 9.90 Å². The van der Waals surface area contributed by atoms with E-state index >= 15 is 0 Å². The van der Waals surface area contributed by atoms with Gasteiger partial charge in [-0.2, -0.15) is 0 Å². The molecule has 0 bridgehead atoms. The van der Waals surface area contributed by atoms with Crippen LogP contribution in [0.25, 0.3) is 22.2 Å². The number of benzene rings is 1. The van der Waals surface area contributed by atoms with Crippen LogP contribution in [0.2, 0.25) is 5.02 Å². The van der Waals surface area contributed by atoms with Crippen LogP contribution < -0.4 is 0 Å². The number of thioether (sulfide) groups is 1. The van der Waals surface area contributed by atoms with Crippen molar-refractivity contribution in [1.29, 1.82) is 0 Å². The highest BCUT2D eigenvalue weighted by molar-refractivity contribution is 7.99. The summed E-state index contributed by atoms with van der Waals surface area (Å²) in [5, 5.41) is 9.85. The van der Waals surface area contributed by atoms with E-state index in [2.05, 4.69) is 15.0 Å². The number of carboxylic acid groups (broad SMARTS) is 1. The van der Waals surface area contributed by atoms with Gasteiger partial charge in [0, 0.05) is 23.5 Å². The van der Waals surface area contributed by atoms with Gasteiger partial charge in [-0.15, -0.1) is 0 Å². The highest BCUT2D eigenvalue weighted by Crippen LogP contribution is 2.32. The molecule has 0 radical (unpaired) electrons. The molecule has 0 aliphatic heterocycles. The van der Waals surface area contributed by atoms with Gasteiger partial charge in [0.1, 0.15) is 0 Å². The minimum Gasteiger partial charge on any atom is -0.481 e. The zero-order valence-corrected chi connectivity index (χ0v) is 12.3. The summed E-state index contributed by atoms with van der Waals surface area (Å²) in [5.41, 5.74) is 3.28. The molecule has 0 amide bonds. The van der Waals surface area contributed by atoms with Crippen LogP contribution in [0.5, 0.6) is 0 Å². The average molecular weight is 320 g/mol. The number of imidazole rings is 1. The number of H-pyrrole nitrogens is 1. The number of hydrogen-bond acceptors (Lipinski definition) is 4. The summed E-state index contributed by atoms with van der Waals surface area (Å²) in [6.45, 7) is 0. The van der Waals surface area contributed by atoms with Crippen molar-refractivity contribution in [3.8, 4) is 11.1 Å². The Bertz CT molecular complexity index is 805. The highest BCUT2D eigenvalue weighted by Gasteiger charge is 2.10. The summed E-state index contributed by atoms with van der Waals surface area (Å²) < 4.78 is 0. The van der Waals surface area contributed by atoms with E-state index in [0.29, 0.717) is 10.2 Å². The van der Waals surface area contributed by atoms with Crippen molar-refractivity contribution in [2.75, 3.05) is 5.75 Å². The number of nitrogens with one attached hydrogen (secondary N) is 1. The first-order chi connectivity index (χ1) is 10.1. The molecule has 106 valence electrons. The predicted octanol–water partition coefficient (Wildman–Crippen LogP) is 3.46. The van der Waals surface area contributed by atoms with Crippen LogP contribution >= 0.6 is 23.4 Å². The topological polar surface area (TPSA) is 78.9 Å². The van der Waals surface area contributed by atoms with E-state index in [4.69, 9.17) is 16.7 Å². The fourth-order valence-electron chi connectivity index (χ4n) is 1.95. The lowest BCUT2D eigenvalue weighted by molar-refractivity contribution is -0.133. The molecule has 2 aromatic heterocycles. The molecule has 5 nitrogen and oxygen atoms in total. The van der Waals surface area contributed by atoms with Crippen LogP contribution in [0.3, 0.4) is 0 Å². The molecular formula is C14H10ClN3O2S. The van der Waals surface area contributed by atoms with E-state index in [9.17, 15) is 4.79 Å². The van der Waals surface area contributed by atoms with E-state index in [1.165, 1.54) is 0 Å². The Morgan fingerprint density at radius 3 is 3.00 bits per heavy atom. The molecule has 0 spiro atoms. The van der Waals surface area contributed by atoms with Gasteiger partial charge >= 0.3 is 5.97 Å². The van der Waals surface area contributed by atoms with Gasteiger partial charge in [0.25, 0.3) is 0 Å². The smallest absolute Gasteiger partial charge is 0.313 e. The Morgan fingerprint density at radius 1 is 1.43 bits per heavy atom. The summed E-state index contributed by atoms with van der Waals surface area (Å²) >= 11 is 7.44. The maximum absolute atomic E-state index is 10.6. The summed E-state index contributed by atoms with van der Waals surface area (Å²) in [7, 11) is 0. The van der Waals surface area contributed by atoms with Gasteiger partial charge in [-0.1, -0.05) is 29.4 Å². The van der Waals surface area contributed by atoms with E-state index in [1.807, 2.05) is 18.2 Å². The Labute approximate surface area is 129 Å². The fraction of sp³-hybridized carbons (Fsp3) is 0.0714. The SMILES string of the molecule is O=C(O)CSc1nc2cc(-c3cccnc3)c(Cl)cc2[nH]1. The Morgan fingerprint density at radius 2 is 2.29 bits per heavy atom. The first-order valence-corrected chi connectivity index (χ1v) is 7.44. The summed E-state index contributed by atoms with van der Waals surface area (Å²) in [5.74, 6) is -0.919. The van der Waals surface area contributed by atoms with Crippen molar-refractivity contribution >= 4 is 40.4 Å². The molecule has 0 fully saturated rings. The first kappa shape index (κ1) is 13.9. The van der Waals surface area contributed by atoms with Crippen molar-refractivity contribution in [3.63, 3.8) is 0 Å². The van der Waals surface area contributed by atoms with Gasteiger partial charge in [0.2, 0.25) is 0 Å². The number of carbonyl (C=O) groups is 1. The highest BCUT2D eigenvalue weighted by atomic mass is 35.5. The monoisotopic (exact) mass is 319 g/mol. The lowest BCUT2D eigenvalue weighted by Gasteiger charge is -2.03. The normalized spacial score (nSPS) is 10.9. The number of rotatable bonds is 4. The Hall–Kier alpha value is -2.05. The number of hydrogen-bond donors (Lipinski definition) is 2. The summed E-state index contributed by atoms with van der Waals surface area (Å²) in [6.07, 6.45) is 3.44. The largest absolute Gasteiger partial charge is 0.481 e. The van der Waals surface area contributed by atoms with E-state index in [-0.39, 0.29) is 5.75 Å². The molecule has 7 heteroatoms. The Kier molecular flexibility index (Phi) is 3.81. The third-order valence-electron chi connectivity index (χ3n) is 2.85. The van der Waals surface area contributed by atoms with Crippen molar-refractivity contribution in [2.24, 2.45) is 0 Å². The van der Waals surface area contributed by atoms with E-state index in [1.54, 1.807) is 18.5 Å². The van der Waals surface area contributed by atoms with E-state index < -0.39 is 5.97 Å². The maximum Gasteiger partial charge on any atom is 0.313 e. The second-order valence-corrected chi connectivity index (χ2v) is 5.69. The molecule has 3 aromatic rings. The summed E-state index contributed by atoms with van der Waals surface area (Å²) in [4.78, 5) is 22.1. The number of aromatic amines is 1. The standard InChI is InChI=1S/C14H10ClN3O2S/c15-10-5-12-11(17-14(18-12)21-7-13(19)20)4-9(10)8-2-1-3-16-6-8/h1-6H,7H2,(H,17,18)(H,19,20). The fourth-order valence-corrected chi connectivity index (χ4v) is 2.83. The minimum absolute atomic E-state index is 0.0387. The lowest BCUT2D eigenvalue weighted by atomic mass is 10.1. The zero-order chi connectivity index (χ0) is 14.8. The van der Waals surface area contributed by atoms with Crippen LogP contribution in [0.4, 0.5) is 0 Å². The van der Waals surface area contributed by atoms with Crippen LogP contribution in [0, 0.1) is 0 Å². The molecule has 2 heterocycles. The van der Waals surface area contributed by atoms with Crippen LogP contribution in [-0.4, -0.2) is 31.8 Å². The molecule has 3 rings (SSSR count). The third kappa shape index (κ3) is 3.01. The summed E-state index contributed by atoms with van der Waals surface area (Å²) in [6, 6.07) is 7.42. The second kappa shape index (κ2) is 5.75. The number of halogens is 1. The van der Waals surface area contributed by atoms with Crippen molar-refractivity contribution in [2.45, 2.75) is 5.16 Å². The quantitative estimate of drug-likeness (QED) is 0.720. The minimum atomic E-state index is -0.880. The van der Waals surface area contributed by atoms with Crippen LogP contribution in [0.1, 0.15) is 0 Å². The van der Waals surface area contributed by atoms with Gasteiger partial charge in [0.15, 0.2) is 5.16 Å². The van der Waals surface area contributed by atoms with Gasteiger partial charge in [-0.25, -0.2) is 4.98 Å². The second-order valence-electron chi connectivity index (χ2n) is 4.32. The van der Waals surface area contributed by atoms with E-state index in [0.717, 1.165) is 33.9 Å². The maximum atomic E-state index is 10.6. The van der Waals surface area contributed by atoms with Crippen molar-refractivity contribution in [3.05, 3.63) is 41.7 Å². The molecule has 0 aliphatic carbocycles. The molecule has 0 aliphatic rings. The Balaban J connectivity index is 2.01. The number of carboxylic acids is 1. The van der Waals surface area contributed by atoms with Crippen LogP contribution in [0.15, 0.2) is 41.8 Å². The number of fused-ring (bicyclic) bond motifs is 1. The van der Waals surface area contributed by atoms with Crippen LogP contribution in [-0.2, 0) is 4.79 Å². The third-order valence-corrected chi connectivity index (χ3v) is 4.02. The number of nitrogens with zero attached hydrogens (tertiary/aromatic N) is 2. The molecule has 0 atom stereocenters. The van der Waals surface area contributed by atoms with Gasteiger partial charge in [-0.05, 0) is 18.2 Å². The molecule has 1 aromatic carbocycles. The van der Waals surface area contributed by atoms with Gasteiger partial charge in [-0.3, -0.25) is 9.78 Å². The zero-order valence-electron chi connectivity index (χ0n) is 10.7. The molecule has 0 unspecified atom stereocenters. The molecule has 0 saturated carbocycles. The molecule has 0 saturated heterocycles. The van der Waals surface area contributed by atoms with Crippen molar-refractivity contribution in [1.82, 2.24) is 15.0 Å². The molecular weight excluding hydrogens is 310 g/mol. The number of aromatic nitrogens is 3. The van der Waals surface area contributed by atoms with Gasteiger partial charge < -0.3 is 10.1 Å². The van der Waals surface area contributed by atoms with Gasteiger partial charge in [0.05, 0.1) is 21.8 Å². The first-order valence-electron chi connectivity index (χ1n) is 6.08. The number of aliphatic carboxylic acids is 1. The molecule has 2 N–H and O–H groups in total. The number of pyridine rings is 1.